The van der Waals surface area contributed by atoms with Crippen LogP contribution in [0, 0.1) is 40.9 Å². The van der Waals surface area contributed by atoms with E-state index in [1.165, 1.54) is 38.5 Å². The number of fused-ring (bicyclic) bond motifs is 9. The van der Waals surface area contributed by atoms with E-state index in [0.717, 1.165) is 55.0 Å². The summed E-state index contributed by atoms with van der Waals surface area (Å²) in [6.45, 7) is 3.25. The second-order valence-electron chi connectivity index (χ2n) is 9.80. The summed E-state index contributed by atoms with van der Waals surface area (Å²) in [7, 11) is 0. The lowest BCUT2D eigenvalue weighted by Gasteiger charge is -2.56. The lowest BCUT2D eigenvalue weighted by Crippen LogP contribution is -2.54. The first kappa shape index (κ1) is 15.2. The van der Waals surface area contributed by atoms with E-state index in [9.17, 15) is 4.79 Å². The first-order valence-electron chi connectivity index (χ1n) is 10.7. The Kier molecular flexibility index (Phi) is 2.97. The Morgan fingerprint density at radius 3 is 2.88 bits per heavy atom. The molecule has 2 heteroatoms. The Bertz CT molecular complexity index is 690. The van der Waals surface area contributed by atoms with Crippen LogP contribution in [-0.2, 0) is 9.53 Å². The molecule has 4 fully saturated rings. The van der Waals surface area contributed by atoms with Gasteiger partial charge in [-0.05, 0) is 86.5 Å². The van der Waals surface area contributed by atoms with E-state index in [-0.39, 0.29) is 5.60 Å². The topological polar surface area (TPSA) is 26.3 Å². The SMILES string of the molecule is CC[C@]12CCC3C(C1CC[C@@]21C=CCO1)[C@H]1C[C@H]1C1=CC(=O)CC[C@@H]13. The number of ketones is 1. The lowest BCUT2D eigenvalue weighted by molar-refractivity contribution is -0.127. The first-order chi connectivity index (χ1) is 12.2. The molecule has 2 nitrogen and oxygen atoms in total. The van der Waals surface area contributed by atoms with Crippen LogP contribution in [0.5, 0.6) is 0 Å². The van der Waals surface area contributed by atoms with Gasteiger partial charge < -0.3 is 4.74 Å². The van der Waals surface area contributed by atoms with Gasteiger partial charge >= 0.3 is 0 Å². The van der Waals surface area contributed by atoms with Crippen molar-refractivity contribution in [3.05, 3.63) is 23.8 Å². The summed E-state index contributed by atoms with van der Waals surface area (Å²) in [4.78, 5) is 12.0. The Morgan fingerprint density at radius 2 is 2.08 bits per heavy atom. The first-order valence-corrected chi connectivity index (χ1v) is 10.7. The van der Waals surface area contributed by atoms with E-state index >= 15 is 0 Å². The number of hydrogen-bond acceptors (Lipinski definition) is 2. The van der Waals surface area contributed by atoms with Crippen LogP contribution in [0.25, 0.3) is 0 Å². The van der Waals surface area contributed by atoms with Crippen molar-refractivity contribution in [1.29, 1.82) is 0 Å². The van der Waals surface area contributed by atoms with Gasteiger partial charge in [-0.3, -0.25) is 4.79 Å². The highest BCUT2D eigenvalue weighted by Crippen LogP contribution is 2.73. The van der Waals surface area contributed by atoms with Gasteiger partial charge in [-0.25, -0.2) is 0 Å². The van der Waals surface area contributed by atoms with E-state index in [1.807, 2.05) is 0 Å². The molecule has 0 saturated heterocycles. The van der Waals surface area contributed by atoms with Crippen LogP contribution in [0.4, 0.5) is 0 Å². The zero-order valence-electron chi connectivity index (χ0n) is 15.4. The Morgan fingerprint density at radius 1 is 1.16 bits per heavy atom. The minimum atomic E-state index is 0.0560. The molecule has 0 aromatic rings. The van der Waals surface area contributed by atoms with Crippen molar-refractivity contribution in [1.82, 2.24) is 0 Å². The molecule has 25 heavy (non-hydrogen) atoms. The minimum absolute atomic E-state index is 0.0560. The van der Waals surface area contributed by atoms with Crippen molar-refractivity contribution in [2.45, 2.75) is 63.9 Å². The van der Waals surface area contributed by atoms with Crippen molar-refractivity contribution in [2.24, 2.45) is 40.9 Å². The standard InChI is InChI=1S/C23H30O2/c1-2-22-9-6-16-15-5-4-14(24)12-17(15)18-13-19(18)21(16)20(22)7-10-23(22)8-3-11-25-23/h3,8,12,15-16,18-21H,2,4-7,9-11,13H2,1H3/t15-,16?,18+,19+,20?,21?,22+,23+/m1/s1. The van der Waals surface area contributed by atoms with Crippen molar-refractivity contribution in [2.75, 3.05) is 6.61 Å². The van der Waals surface area contributed by atoms with E-state index in [4.69, 9.17) is 4.74 Å². The quantitative estimate of drug-likeness (QED) is 0.648. The molecule has 8 atom stereocenters. The van der Waals surface area contributed by atoms with Crippen molar-refractivity contribution < 1.29 is 9.53 Å². The van der Waals surface area contributed by atoms with Crippen LogP contribution in [0.3, 0.4) is 0 Å². The Hall–Kier alpha value is -0.890. The normalized spacial score (nSPS) is 55.4. The van der Waals surface area contributed by atoms with Crippen LogP contribution in [0.15, 0.2) is 23.8 Å². The predicted molar refractivity (Wildman–Crippen MR) is 96.9 cm³/mol. The molecule has 0 bridgehead atoms. The fraction of sp³-hybridized carbons (Fsp3) is 0.783. The highest BCUT2D eigenvalue weighted by molar-refractivity contribution is 5.91. The maximum Gasteiger partial charge on any atom is 0.155 e. The molecule has 0 radical (unpaired) electrons. The molecule has 0 aromatic carbocycles. The number of rotatable bonds is 1. The second-order valence-corrected chi connectivity index (χ2v) is 9.80. The van der Waals surface area contributed by atoms with Gasteiger partial charge in [0.05, 0.1) is 12.2 Å². The van der Waals surface area contributed by atoms with Crippen molar-refractivity contribution in [3.8, 4) is 0 Å². The third-order valence-electron chi connectivity index (χ3n) is 9.45. The van der Waals surface area contributed by atoms with E-state index in [0.29, 0.717) is 11.2 Å². The van der Waals surface area contributed by atoms with Crippen LogP contribution in [-0.4, -0.2) is 18.0 Å². The number of hydrogen-bond donors (Lipinski definition) is 0. The third kappa shape index (κ3) is 1.73. The van der Waals surface area contributed by atoms with Crippen molar-refractivity contribution in [3.63, 3.8) is 0 Å². The predicted octanol–water partition coefficient (Wildman–Crippen LogP) is 4.70. The van der Waals surface area contributed by atoms with Crippen molar-refractivity contribution >= 4 is 5.78 Å². The molecule has 0 amide bonds. The molecule has 1 heterocycles. The van der Waals surface area contributed by atoms with E-state index in [2.05, 4.69) is 25.2 Å². The second kappa shape index (κ2) is 4.88. The van der Waals surface area contributed by atoms with E-state index < -0.39 is 0 Å². The lowest BCUT2D eigenvalue weighted by atomic mass is 9.49. The van der Waals surface area contributed by atoms with Crippen LogP contribution >= 0.6 is 0 Å². The number of carbonyl (C=O) groups excluding carboxylic acids is 1. The molecule has 0 aromatic heterocycles. The fourth-order valence-corrected chi connectivity index (χ4v) is 8.55. The molecule has 6 rings (SSSR count). The largest absolute Gasteiger partial charge is 0.366 e. The monoisotopic (exact) mass is 338 g/mol. The summed E-state index contributed by atoms with van der Waals surface area (Å²) in [5.41, 5.74) is 2.02. The van der Waals surface area contributed by atoms with Gasteiger partial charge in [-0.2, -0.15) is 0 Å². The molecule has 4 saturated carbocycles. The summed E-state index contributed by atoms with van der Waals surface area (Å²) < 4.78 is 6.45. The third-order valence-corrected chi connectivity index (χ3v) is 9.45. The van der Waals surface area contributed by atoms with Gasteiger partial charge in [0, 0.05) is 11.8 Å². The summed E-state index contributed by atoms with van der Waals surface area (Å²) in [5, 5.41) is 0. The van der Waals surface area contributed by atoms with Gasteiger partial charge in [0.2, 0.25) is 0 Å². The average Bonchev–Trinajstić information content (AvgIpc) is 3.18. The maximum atomic E-state index is 12.0. The number of ether oxygens (including phenoxy) is 1. The molecule has 1 spiro atoms. The summed E-state index contributed by atoms with van der Waals surface area (Å²) in [5.74, 6) is 5.40. The molecular weight excluding hydrogens is 308 g/mol. The zero-order valence-corrected chi connectivity index (χ0v) is 15.4. The molecular formula is C23H30O2. The molecule has 3 unspecified atom stereocenters. The number of allylic oxidation sites excluding steroid dienone is 1. The molecule has 134 valence electrons. The van der Waals surface area contributed by atoms with E-state index in [1.54, 1.807) is 5.57 Å². The molecule has 1 aliphatic heterocycles. The molecule has 0 N–H and O–H groups in total. The average molecular weight is 338 g/mol. The minimum Gasteiger partial charge on any atom is -0.366 e. The highest BCUT2D eigenvalue weighted by Gasteiger charge is 2.69. The highest BCUT2D eigenvalue weighted by atomic mass is 16.5. The van der Waals surface area contributed by atoms with Crippen LogP contribution in [0.2, 0.25) is 0 Å². The van der Waals surface area contributed by atoms with Gasteiger partial charge in [0.25, 0.3) is 0 Å². The van der Waals surface area contributed by atoms with Gasteiger partial charge in [-0.15, -0.1) is 0 Å². The van der Waals surface area contributed by atoms with Crippen LogP contribution < -0.4 is 0 Å². The fourth-order valence-electron chi connectivity index (χ4n) is 8.55. The summed E-state index contributed by atoms with van der Waals surface area (Å²) in [6.07, 6.45) is 16.7. The molecule has 5 aliphatic carbocycles. The zero-order chi connectivity index (χ0) is 16.8. The maximum absolute atomic E-state index is 12.0. The van der Waals surface area contributed by atoms with Gasteiger partial charge in [-0.1, -0.05) is 24.6 Å². The smallest absolute Gasteiger partial charge is 0.155 e. The van der Waals surface area contributed by atoms with Gasteiger partial charge in [0.15, 0.2) is 5.78 Å². The summed E-state index contributed by atoms with van der Waals surface area (Å²) in [6, 6.07) is 0. The van der Waals surface area contributed by atoms with Gasteiger partial charge in [0.1, 0.15) is 0 Å². The van der Waals surface area contributed by atoms with Crippen LogP contribution in [0.1, 0.15) is 58.3 Å². The number of carbonyl (C=O) groups is 1. The molecule has 6 aliphatic rings. The summed E-state index contributed by atoms with van der Waals surface area (Å²) >= 11 is 0. The Balaban J connectivity index is 1.40. The Labute approximate surface area is 151 Å².